The molecular weight excluding hydrogens is 314 g/mol. The Labute approximate surface area is 124 Å². The second-order valence-electron chi connectivity index (χ2n) is 7.02. The molecule has 128 valence electrons. The maximum atomic E-state index is 13.3. The minimum absolute atomic E-state index is 0.177. The second kappa shape index (κ2) is 4.77. The lowest BCUT2D eigenvalue weighted by molar-refractivity contribution is -0.302. The van der Waals surface area contributed by atoms with Gasteiger partial charge in [-0.25, -0.2) is 9.18 Å². The molecule has 2 bridgehead atoms. The van der Waals surface area contributed by atoms with Crippen LogP contribution in [0, 0.1) is 16.7 Å². The smallest absolute Gasteiger partial charge is 0.457 e. The van der Waals surface area contributed by atoms with Crippen LogP contribution in [0.4, 0.5) is 26.3 Å². The first-order valence-electron chi connectivity index (χ1n) is 7.04. The van der Waals surface area contributed by atoms with Crippen molar-refractivity contribution in [2.24, 2.45) is 16.7 Å². The van der Waals surface area contributed by atoms with Gasteiger partial charge in [-0.05, 0) is 30.6 Å². The summed E-state index contributed by atoms with van der Waals surface area (Å²) in [6, 6.07) is 0. The van der Waals surface area contributed by atoms with Crippen LogP contribution in [0.2, 0.25) is 0 Å². The number of carbonyl (C=O) groups is 1. The van der Waals surface area contributed by atoms with Gasteiger partial charge in [-0.1, -0.05) is 20.8 Å². The van der Waals surface area contributed by atoms with Crippen molar-refractivity contribution >= 4 is 5.97 Å². The predicted molar refractivity (Wildman–Crippen MR) is 65.0 cm³/mol. The van der Waals surface area contributed by atoms with E-state index in [2.05, 4.69) is 0 Å². The van der Waals surface area contributed by atoms with Crippen LogP contribution in [-0.2, 0) is 9.53 Å². The van der Waals surface area contributed by atoms with Gasteiger partial charge in [0.15, 0.2) is 0 Å². The number of ether oxygens (including phenoxy) is 1. The van der Waals surface area contributed by atoms with Crippen LogP contribution in [0.1, 0.15) is 40.0 Å². The molecule has 0 aromatic heterocycles. The van der Waals surface area contributed by atoms with Gasteiger partial charge in [0, 0.05) is 5.41 Å². The molecule has 0 heterocycles. The van der Waals surface area contributed by atoms with Crippen molar-refractivity contribution in [2.45, 2.75) is 64.4 Å². The first-order valence-corrected chi connectivity index (χ1v) is 7.04. The van der Waals surface area contributed by atoms with Crippen molar-refractivity contribution < 1.29 is 35.9 Å². The molecule has 0 saturated heterocycles. The Bertz CT molecular complexity index is 472. The van der Waals surface area contributed by atoms with E-state index in [0.717, 1.165) is 6.42 Å². The number of halogens is 6. The number of alkyl halides is 6. The molecule has 0 amide bonds. The first kappa shape index (κ1) is 17.4. The van der Waals surface area contributed by atoms with E-state index in [1.165, 1.54) is 0 Å². The lowest BCUT2D eigenvalue weighted by Crippen LogP contribution is -2.50. The predicted octanol–water partition coefficient (Wildman–Crippen LogP) is 4.28. The van der Waals surface area contributed by atoms with E-state index >= 15 is 0 Å². The summed E-state index contributed by atoms with van der Waals surface area (Å²) in [6.45, 7) is 5.68. The highest BCUT2D eigenvalue weighted by molar-refractivity contribution is 5.76. The van der Waals surface area contributed by atoms with E-state index in [1.807, 2.05) is 13.8 Å². The summed E-state index contributed by atoms with van der Waals surface area (Å²) in [5, 5.41) is 0. The minimum Gasteiger partial charge on any atom is -0.459 e. The van der Waals surface area contributed by atoms with Crippen molar-refractivity contribution in [2.75, 3.05) is 0 Å². The summed E-state index contributed by atoms with van der Waals surface area (Å²) in [5.41, 5.74) is -0.781. The van der Waals surface area contributed by atoms with Crippen LogP contribution in [0.3, 0.4) is 0 Å². The number of hydrogen-bond donors (Lipinski definition) is 0. The zero-order chi connectivity index (χ0) is 17.1. The molecule has 8 heteroatoms. The number of rotatable bonds is 3. The second-order valence-corrected chi connectivity index (χ2v) is 7.02. The van der Waals surface area contributed by atoms with E-state index in [-0.39, 0.29) is 11.3 Å². The average Bonchev–Trinajstić information content (AvgIpc) is 2.69. The molecule has 2 saturated carbocycles. The Balaban J connectivity index is 2.11. The molecule has 2 aliphatic carbocycles. The monoisotopic (exact) mass is 332 g/mol. The Hall–Kier alpha value is -0.950. The lowest BCUT2D eigenvalue weighted by atomic mass is 9.70. The summed E-state index contributed by atoms with van der Waals surface area (Å²) in [4.78, 5) is 11.4. The Morgan fingerprint density at radius 2 is 1.73 bits per heavy atom. The maximum absolute atomic E-state index is 13.3. The Kier molecular flexibility index (Phi) is 3.77. The highest BCUT2D eigenvalue weighted by atomic mass is 19.4. The Morgan fingerprint density at radius 1 is 1.18 bits per heavy atom. The van der Waals surface area contributed by atoms with Crippen LogP contribution < -0.4 is 0 Å². The number of fused-ring (bicyclic) bond motifs is 2. The third-order valence-electron chi connectivity index (χ3n) is 5.88. The molecule has 0 N–H and O–H groups in total. The van der Waals surface area contributed by atoms with E-state index < -0.39 is 35.8 Å². The van der Waals surface area contributed by atoms with E-state index in [4.69, 9.17) is 4.74 Å². The molecule has 4 atom stereocenters. The molecule has 0 spiro atoms. The molecule has 2 fully saturated rings. The van der Waals surface area contributed by atoms with Gasteiger partial charge in [0.1, 0.15) is 6.10 Å². The quantitative estimate of drug-likeness (QED) is 0.570. The fourth-order valence-corrected chi connectivity index (χ4v) is 3.80. The summed E-state index contributed by atoms with van der Waals surface area (Å²) in [5.74, 6) is -7.72. The summed E-state index contributed by atoms with van der Waals surface area (Å²) < 4.78 is 80.2. The summed E-state index contributed by atoms with van der Waals surface area (Å²) in [6.07, 6.45) is -9.12. The van der Waals surface area contributed by atoms with Crippen LogP contribution in [0.25, 0.3) is 0 Å². The summed E-state index contributed by atoms with van der Waals surface area (Å²) >= 11 is 0. The molecule has 0 aromatic carbocycles. The number of carbonyl (C=O) groups excluding carboxylic acids is 1. The van der Waals surface area contributed by atoms with Gasteiger partial charge in [-0.3, -0.25) is 0 Å². The topological polar surface area (TPSA) is 26.3 Å². The number of esters is 1. The zero-order valence-electron chi connectivity index (χ0n) is 12.4. The van der Waals surface area contributed by atoms with Crippen LogP contribution in [0.15, 0.2) is 0 Å². The third-order valence-corrected chi connectivity index (χ3v) is 5.88. The van der Waals surface area contributed by atoms with Gasteiger partial charge >= 0.3 is 18.1 Å². The van der Waals surface area contributed by atoms with Crippen molar-refractivity contribution in [3.05, 3.63) is 0 Å². The van der Waals surface area contributed by atoms with Crippen LogP contribution in [0.5, 0.6) is 0 Å². The molecule has 0 aromatic rings. The lowest BCUT2D eigenvalue weighted by Gasteiger charge is -2.38. The highest BCUT2D eigenvalue weighted by Gasteiger charge is 2.68. The molecule has 0 aliphatic heterocycles. The van der Waals surface area contributed by atoms with E-state index in [9.17, 15) is 31.1 Å². The van der Waals surface area contributed by atoms with Gasteiger partial charge in [0.2, 0.25) is 0 Å². The van der Waals surface area contributed by atoms with Crippen LogP contribution in [-0.4, -0.2) is 30.3 Å². The first-order chi connectivity index (χ1) is 9.75. The van der Waals surface area contributed by atoms with Gasteiger partial charge in [0.25, 0.3) is 6.17 Å². The van der Waals surface area contributed by atoms with Crippen molar-refractivity contribution in [1.29, 1.82) is 0 Å². The maximum Gasteiger partial charge on any atom is 0.457 e. The van der Waals surface area contributed by atoms with E-state index in [0.29, 0.717) is 12.8 Å². The molecule has 0 radical (unpaired) electrons. The molecular formula is C14H18F6O2. The zero-order valence-corrected chi connectivity index (χ0v) is 12.4. The highest BCUT2D eigenvalue weighted by Crippen LogP contribution is 2.66. The molecule has 1 unspecified atom stereocenters. The average molecular weight is 332 g/mol. The fraction of sp³-hybridized carbons (Fsp3) is 0.929. The fourth-order valence-electron chi connectivity index (χ4n) is 3.80. The summed E-state index contributed by atoms with van der Waals surface area (Å²) in [7, 11) is 0. The van der Waals surface area contributed by atoms with Gasteiger partial charge in [-0.2, -0.15) is 22.0 Å². The van der Waals surface area contributed by atoms with Crippen molar-refractivity contribution in [3.8, 4) is 0 Å². The minimum atomic E-state index is -6.14. The van der Waals surface area contributed by atoms with Gasteiger partial charge < -0.3 is 4.74 Å². The molecule has 22 heavy (non-hydrogen) atoms. The van der Waals surface area contributed by atoms with Crippen molar-refractivity contribution in [3.63, 3.8) is 0 Å². The largest absolute Gasteiger partial charge is 0.459 e. The van der Waals surface area contributed by atoms with Gasteiger partial charge in [-0.15, -0.1) is 0 Å². The molecule has 2 nitrogen and oxygen atoms in total. The SMILES string of the molecule is CC1(C)[C@H]2CC[C@]1(C)[C@@H](OC(=O)C(F)C(F)(F)C(F)(F)F)C2. The molecule has 2 aliphatic rings. The Morgan fingerprint density at radius 3 is 2.09 bits per heavy atom. The molecule has 2 rings (SSSR count). The van der Waals surface area contributed by atoms with Crippen molar-refractivity contribution in [1.82, 2.24) is 0 Å². The van der Waals surface area contributed by atoms with Crippen LogP contribution >= 0.6 is 0 Å². The number of hydrogen-bond acceptors (Lipinski definition) is 2. The third kappa shape index (κ3) is 2.21. The standard InChI is InChI=1S/C14H18F6O2/c1-11(2)7-4-5-12(11,3)8(6-7)22-10(21)9(15)13(16,17)14(18,19)20/h7-9H,4-6H2,1-3H3/t7-,8-,9?,12+/m0/s1. The van der Waals surface area contributed by atoms with Gasteiger partial charge in [0.05, 0.1) is 0 Å². The van der Waals surface area contributed by atoms with E-state index in [1.54, 1.807) is 6.92 Å². The normalized spacial score (nSPS) is 35.5.